The number of rotatable bonds is 11. The minimum atomic E-state index is -1.20. The zero-order chi connectivity index (χ0) is 20.2. The highest BCUT2D eigenvalue weighted by molar-refractivity contribution is 5.90. The fraction of sp³-hybridized carbons (Fsp3) is 0.333. The molecular weight excluding hydrogens is 362 g/mol. The van der Waals surface area contributed by atoms with Gasteiger partial charge in [-0.3, -0.25) is 19.2 Å². The van der Waals surface area contributed by atoms with E-state index in [0.29, 0.717) is 5.75 Å². The summed E-state index contributed by atoms with van der Waals surface area (Å²) in [6, 6.07) is 5.60. The van der Waals surface area contributed by atoms with Crippen molar-refractivity contribution in [3.05, 3.63) is 29.8 Å². The fourth-order valence-electron chi connectivity index (χ4n) is 1.86. The average molecular weight is 383 g/mol. The highest BCUT2D eigenvalue weighted by Gasteiger charge is 2.15. The first-order valence-electron chi connectivity index (χ1n) is 7.72. The highest BCUT2D eigenvalue weighted by Crippen LogP contribution is 2.12. The SMILES string of the molecule is NOOc1ccc(CC(N)C(=O)NCC(=O)NCC(=O)NCC(=O)O)cc1. The molecule has 0 saturated carbocycles. The molecule has 1 rings (SSSR count). The Hall–Kier alpha value is -3.22. The molecule has 0 aromatic heterocycles. The van der Waals surface area contributed by atoms with Crippen molar-refractivity contribution in [1.29, 1.82) is 0 Å². The van der Waals surface area contributed by atoms with Crippen LogP contribution in [-0.2, 0) is 30.6 Å². The van der Waals surface area contributed by atoms with Crippen LogP contribution in [0, 0.1) is 0 Å². The van der Waals surface area contributed by atoms with Gasteiger partial charge in [0.15, 0.2) is 5.75 Å². The molecule has 1 aromatic rings. The summed E-state index contributed by atoms with van der Waals surface area (Å²) in [6.45, 7) is -1.33. The number of carboxylic acids is 1. The first-order valence-corrected chi connectivity index (χ1v) is 7.72. The van der Waals surface area contributed by atoms with Gasteiger partial charge in [0.25, 0.3) is 0 Å². The number of aliphatic carboxylic acids is 1. The molecule has 0 aliphatic carbocycles. The summed E-state index contributed by atoms with van der Waals surface area (Å²) >= 11 is 0. The van der Waals surface area contributed by atoms with E-state index in [0.717, 1.165) is 5.56 Å². The lowest BCUT2D eigenvalue weighted by molar-refractivity contribution is -0.211. The second-order valence-electron chi connectivity index (χ2n) is 5.30. The molecule has 0 aliphatic rings. The quantitative estimate of drug-likeness (QED) is 0.172. The van der Waals surface area contributed by atoms with E-state index in [1.54, 1.807) is 24.3 Å². The van der Waals surface area contributed by atoms with Crippen LogP contribution in [0.1, 0.15) is 5.56 Å². The Kier molecular flexibility index (Phi) is 9.22. The second kappa shape index (κ2) is 11.4. The van der Waals surface area contributed by atoms with E-state index in [1.807, 2.05) is 0 Å². The molecule has 0 radical (unpaired) electrons. The average Bonchev–Trinajstić information content (AvgIpc) is 2.64. The maximum Gasteiger partial charge on any atom is 0.322 e. The number of carbonyl (C=O) groups excluding carboxylic acids is 3. The Morgan fingerprint density at radius 1 is 0.963 bits per heavy atom. The van der Waals surface area contributed by atoms with E-state index in [2.05, 4.69) is 25.8 Å². The fourth-order valence-corrected chi connectivity index (χ4v) is 1.86. The minimum Gasteiger partial charge on any atom is -0.480 e. The van der Waals surface area contributed by atoms with Crippen molar-refractivity contribution in [3.63, 3.8) is 0 Å². The molecule has 0 saturated heterocycles. The van der Waals surface area contributed by atoms with Crippen LogP contribution < -0.4 is 32.5 Å². The molecule has 0 fully saturated rings. The Bertz CT molecular complexity index is 665. The molecule has 0 bridgehead atoms. The number of nitrogens with two attached hydrogens (primary N) is 2. The molecule has 12 nitrogen and oxygen atoms in total. The molecule has 148 valence electrons. The first kappa shape index (κ1) is 21.8. The van der Waals surface area contributed by atoms with Crippen molar-refractivity contribution < 1.29 is 34.2 Å². The summed E-state index contributed by atoms with van der Waals surface area (Å²) in [4.78, 5) is 53.6. The van der Waals surface area contributed by atoms with Crippen LogP contribution in [0.2, 0.25) is 0 Å². The van der Waals surface area contributed by atoms with Crippen molar-refractivity contribution in [3.8, 4) is 5.75 Å². The van der Waals surface area contributed by atoms with Gasteiger partial charge in [-0.05, 0) is 24.1 Å². The molecule has 0 heterocycles. The summed E-state index contributed by atoms with van der Waals surface area (Å²) in [5, 5.41) is 15.1. The third kappa shape index (κ3) is 9.15. The molecule has 1 atom stereocenters. The van der Waals surface area contributed by atoms with Crippen molar-refractivity contribution in [2.45, 2.75) is 12.5 Å². The van der Waals surface area contributed by atoms with Gasteiger partial charge in [0.1, 0.15) is 6.54 Å². The minimum absolute atomic E-state index is 0.217. The van der Waals surface area contributed by atoms with Crippen molar-refractivity contribution in [2.75, 3.05) is 19.6 Å². The largest absolute Gasteiger partial charge is 0.480 e. The van der Waals surface area contributed by atoms with E-state index in [9.17, 15) is 19.2 Å². The number of hydrogen-bond acceptors (Lipinski definition) is 8. The Morgan fingerprint density at radius 2 is 1.52 bits per heavy atom. The molecule has 1 aromatic carbocycles. The molecule has 1 unspecified atom stereocenters. The molecule has 27 heavy (non-hydrogen) atoms. The summed E-state index contributed by atoms with van der Waals surface area (Å²) in [5.74, 6) is 2.11. The van der Waals surface area contributed by atoms with E-state index in [1.165, 1.54) is 0 Å². The van der Waals surface area contributed by atoms with E-state index >= 15 is 0 Å². The van der Waals surface area contributed by atoms with E-state index in [-0.39, 0.29) is 13.0 Å². The van der Waals surface area contributed by atoms with Crippen LogP contribution in [0.3, 0.4) is 0 Å². The number of amides is 3. The smallest absolute Gasteiger partial charge is 0.322 e. The summed E-state index contributed by atoms with van der Waals surface area (Å²) in [5.41, 5.74) is 6.53. The van der Waals surface area contributed by atoms with Crippen LogP contribution in [0.25, 0.3) is 0 Å². The van der Waals surface area contributed by atoms with Crippen molar-refractivity contribution in [2.24, 2.45) is 11.6 Å². The zero-order valence-corrected chi connectivity index (χ0v) is 14.3. The highest BCUT2D eigenvalue weighted by atomic mass is 17.3. The topological polar surface area (TPSA) is 195 Å². The third-order valence-corrected chi connectivity index (χ3v) is 3.17. The van der Waals surface area contributed by atoms with Gasteiger partial charge in [0, 0.05) is 0 Å². The van der Waals surface area contributed by atoms with Crippen LogP contribution in [0.4, 0.5) is 0 Å². The number of carboxylic acid groups (broad SMARTS) is 1. The Labute approximate surface area is 154 Å². The van der Waals surface area contributed by atoms with Gasteiger partial charge in [-0.1, -0.05) is 17.1 Å². The molecule has 12 heteroatoms. The predicted molar refractivity (Wildman–Crippen MR) is 90.7 cm³/mol. The van der Waals surface area contributed by atoms with Gasteiger partial charge < -0.3 is 31.7 Å². The third-order valence-electron chi connectivity index (χ3n) is 3.17. The van der Waals surface area contributed by atoms with Crippen LogP contribution in [-0.4, -0.2) is 54.5 Å². The van der Waals surface area contributed by atoms with E-state index in [4.69, 9.17) is 16.7 Å². The predicted octanol–water partition coefficient (Wildman–Crippen LogP) is -2.83. The zero-order valence-electron chi connectivity index (χ0n) is 14.3. The normalized spacial score (nSPS) is 11.2. The summed E-state index contributed by atoms with van der Waals surface area (Å²) in [7, 11) is 0. The number of nitrogens with one attached hydrogen (secondary N) is 3. The number of carbonyl (C=O) groups is 4. The molecule has 8 N–H and O–H groups in total. The number of benzene rings is 1. The van der Waals surface area contributed by atoms with Gasteiger partial charge in [-0.2, -0.15) is 5.90 Å². The summed E-state index contributed by atoms with van der Waals surface area (Å²) < 4.78 is 0. The maximum atomic E-state index is 11.9. The monoisotopic (exact) mass is 383 g/mol. The molecule has 0 spiro atoms. The van der Waals surface area contributed by atoms with Crippen molar-refractivity contribution in [1.82, 2.24) is 16.0 Å². The van der Waals surface area contributed by atoms with E-state index < -0.39 is 42.8 Å². The Morgan fingerprint density at radius 3 is 2.07 bits per heavy atom. The molecule has 3 amide bonds. The van der Waals surface area contributed by atoms with Gasteiger partial charge in [0.2, 0.25) is 17.7 Å². The number of hydrogen-bond donors (Lipinski definition) is 6. The van der Waals surface area contributed by atoms with Crippen molar-refractivity contribution >= 4 is 23.7 Å². The van der Waals surface area contributed by atoms with Crippen LogP contribution >= 0.6 is 0 Å². The van der Waals surface area contributed by atoms with Crippen LogP contribution in [0.15, 0.2) is 24.3 Å². The lowest BCUT2D eigenvalue weighted by Gasteiger charge is -2.12. The van der Waals surface area contributed by atoms with Gasteiger partial charge in [-0.25, -0.2) is 0 Å². The molecular formula is C15H21N5O7. The molecule has 0 aliphatic heterocycles. The lowest BCUT2D eigenvalue weighted by atomic mass is 10.1. The van der Waals surface area contributed by atoms with Gasteiger partial charge >= 0.3 is 5.97 Å². The second-order valence-corrected chi connectivity index (χ2v) is 5.30. The lowest BCUT2D eigenvalue weighted by Crippen LogP contribution is -2.47. The first-order chi connectivity index (χ1) is 12.8. The standard InChI is InChI=1S/C15H21N5O7/c16-11(5-9-1-3-10(4-2-9)26-27-17)15(25)20-7-13(22)18-6-12(21)19-8-14(23)24/h1-4,11H,5-8,16-17H2,(H,18,22)(H,19,21)(H,20,25)(H,23,24). The maximum absolute atomic E-state index is 11.9. The van der Waals surface area contributed by atoms with Gasteiger partial charge in [0.05, 0.1) is 19.1 Å². The Balaban J connectivity index is 2.30. The summed E-state index contributed by atoms with van der Waals surface area (Å²) in [6.07, 6.45) is 0.217. The van der Waals surface area contributed by atoms with Gasteiger partial charge in [-0.15, -0.1) is 0 Å². The van der Waals surface area contributed by atoms with Crippen LogP contribution in [0.5, 0.6) is 5.75 Å².